The van der Waals surface area contributed by atoms with Gasteiger partial charge in [0.1, 0.15) is 34.4 Å². The predicted molar refractivity (Wildman–Crippen MR) is 163 cm³/mol. The minimum Gasteiger partial charge on any atom is -0.477 e. The second-order valence-corrected chi connectivity index (χ2v) is 13.0. The number of anilines is 1. The van der Waals surface area contributed by atoms with E-state index in [1.54, 1.807) is 45.1 Å². The van der Waals surface area contributed by atoms with Gasteiger partial charge < -0.3 is 26.7 Å². The van der Waals surface area contributed by atoms with Gasteiger partial charge in [0.15, 0.2) is 17.9 Å². The Kier molecular flexibility index (Phi) is 8.72. The van der Waals surface area contributed by atoms with Gasteiger partial charge in [-0.25, -0.2) is 9.36 Å². The van der Waals surface area contributed by atoms with Gasteiger partial charge in [-0.15, -0.1) is 16.3 Å². The summed E-state index contributed by atoms with van der Waals surface area (Å²) in [6, 6.07) is 2.57. The lowest BCUT2D eigenvalue weighted by atomic mass is 10.0. The van der Waals surface area contributed by atoms with Crippen molar-refractivity contribution >= 4 is 75.2 Å². The van der Waals surface area contributed by atoms with Crippen molar-refractivity contribution in [3.8, 4) is 0 Å². The number of fused-ring (bicyclic) bond motifs is 2. The van der Waals surface area contributed by atoms with Crippen molar-refractivity contribution in [1.82, 2.24) is 29.2 Å². The number of β-lactam (4-membered cyclic amide) rings is 1. The maximum Gasteiger partial charge on any atom is 0.352 e. The number of thioether (sulfide) groups is 2. The van der Waals surface area contributed by atoms with Gasteiger partial charge >= 0.3 is 11.6 Å². The molecule has 0 unspecified atom stereocenters. The van der Waals surface area contributed by atoms with Crippen LogP contribution in [-0.2, 0) is 30.6 Å². The predicted octanol–water partition coefficient (Wildman–Crippen LogP) is 0.249. The second kappa shape index (κ2) is 12.9. The zero-order valence-corrected chi connectivity index (χ0v) is 25.9. The molecule has 2 fully saturated rings. The number of rotatable bonds is 11. The van der Waals surface area contributed by atoms with Crippen LogP contribution in [0, 0.1) is 0 Å². The third-order valence-corrected chi connectivity index (χ3v) is 9.81. The lowest BCUT2D eigenvalue weighted by molar-refractivity contribution is -0.658. The number of hydrogen-bond acceptors (Lipinski definition) is 13. The van der Waals surface area contributed by atoms with Crippen LogP contribution in [0.4, 0.5) is 5.13 Å². The van der Waals surface area contributed by atoms with Gasteiger partial charge in [0.25, 0.3) is 17.7 Å². The van der Waals surface area contributed by atoms with Crippen molar-refractivity contribution in [3.63, 3.8) is 0 Å². The number of carbonyl (C=O) groups is 4. The van der Waals surface area contributed by atoms with E-state index in [9.17, 15) is 24.3 Å². The smallest absolute Gasteiger partial charge is 0.352 e. The Balaban J connectivity index is 1.14. The quantitative estimate of drug-likeness (QED) is 0.0708. The summed E-state index contributed by atoms with van der Waals surface area (Å²) >= 11 is 3.48. The molecule has 2 aliphatic heterocycles. The molecule has 3 aromatic heterocycles. The Bertz CT molecular complexity index is 1780. The number of aliphatic carboxylic acids is 1. The molecule has 16 nitrogen and oxygen atoms in total. The molecular weight excluding hydrogens is 645 g/mol. The van der Waals surface area contributed by atoms with E-state index >= 15 is 0 Å². The fraction of sp³-hybridized carbons (Fsp3) is 0.346. The van der Waals surface area contributed by atoms with Gasteiger partial charge in [0.2, 0.25) is 11.5 Å². The molecule has 1 saturated heterocycles. The summed E-state index contributed by atoms with van der Waals surface area (Å²) in [4.78, 5) is 60.9. The van der Waals surface area contributed by atoms with E-state index in [1.165, 1.54) is 28.4 Å². The van der Waals surface area contributed by atoms with Crippen LogP contribution in [0.2, 0.25) is 0 Å². The molecule has 3 amide bonds. The van der Waals surface area contributed by atoms with Gasteiger partial charge in [-0.3, -0.25) is 19.3 Å². The summed E-state index contributed by atoms with van der Waals surface area (Å²) in [5, 5.41) is 23.0. The standard InChI is InChI=1S/C26H26N10O6S3/c27-15(37)11-34-8-9-35-17(34)6-5-16(31-35)43-10-7-13-12-44-24-19(23(39)36(24)20(13)25(40)41)29-22(38)18(21-30-26(28)45-33-21)32-42-14-3-1-2-4-14/h5-10,14,19,24H,1-4,11-12H2,(H5-,27,28,29,30,33,37,38,40,41)/p+1/b10-7+,32-18+/t19-,24-/m1/s1. The van der Waals surface area contributed by atoms with Crippen LogP contribution in [0.5, 0.6) is 0 Å². The molecule has 234 valence electrons. The normalized spacial score (nSPS) is 20.5. The number of primary amides is 1. The van der Waals surface area contributed by atoms with E-state index < -0.39 is 35.1 Å². The first-order valence-electron chi connectivity index (χ1n) is 13.7. The molecule has 3 aromatic rings. The van der Waals surface area contributed by atoms with Crippen molar-refractivity contribution in [2.75, 3.05) is 11.5 Å². The SMILES string of the molecule is NC(=O)C[n+]1ccn2nc(S/C=C/C3=C(C(=O)O)N4C(=O)[C@@H](NC(=O)/C(=N/OC5CCCC5)c5nsc(N)n5)[C@H]4SC3)ccc21. The highest BCUT2D eigenvalue weighted by Crippen LogP contribution is 2.41. The molecule has 5 heterocycles. The molecule has 1 saturated carbocycles. The number of aromatic nitrogens is 5. The average Bonchev–Trinajstić information content (AvgIpc) is 3.77. The van der Waals surface area contributed by atoms with Crippen LogP contribution in [0.25, 0.3) is 5.65 Å². The zero-order valence-electron chi connectivity index (χ0n) is 23.4. The molecule has 6 N–H and O–H groups in total. The first-order valence-corrected chi connectivity index (χ1v) is 16.4. The van der Waals surface area contributed by atoms with E-state index in [4.69, 9.17) is 16.3 Å². The highest BCUT2D eigenvalue weighted by Gasteiger charge is 2.54. The topological polar surface area (TPSA) is 224 Å². The number of allylic oxidation sites excluding steroid dienone is 1. The summed E-state index contributed by atoms with van der Waals surface area (Å²) in [6.45, 7) is 0.0246. The summed E-state index contributed by atoms with van der Waals surface area (Å²) in [7, 11) is 0. The number of carboxylic acid groups (broad SMARTS) is 1. The molecule has 45 heavy (non-hydrogen) atoms. The Morgan fingerprint density at radius 3 is 2.80 bits per heavy atom. The summed E-state index contributed by atoms with van der Waals surface area (Å²) in [5.74, 6) is -2.75. The van der Waals surface area contributed by atoms with Gasteiger partial charge in [0, 0.05) is 23.4 Å². The molecule has 1 aliphatic carbocycles. The van der Waals surface area contributed by atoms with Gasteiger partial charge in [-0.1, -0.05) is 22.0 Å². The van der Waals surface area contributed by atoms with Crippen LogP contribution >= 0.6 is 35.1 Å². The summed E-state index contributed by atoms with van der Waals surface area (Å²) < 4.78 is 7.34. The Labute approximate surface area is 267 Å². The van der Waals surface area contributed by atoms with Crippen molar-refractivity contribution in [1.29, 1.82) is 0 Å². The molecule has 0 aromatic carbocycles. The van der Waals surface area contributed by atoms with Crippen LogP contribution in [0.15, 0.2) is 57.5 Å². The molecule has 0 bridgehead atoms. The molecule has 19 heteroatoms. The molecule has 6 rings (SSSR count). The van der Waals surface area contributed by atoms with Crippen molar-refractivity contribution in [3.05, 3.63) is 53.1 Å². The lowest BCUT2D eigenvalue weighted by Crippen LogP contribution is -2.71. The van der Waals surface area contributed by atoms with Crippen molar-refractivity contribution in [2.45, 2.75) is 54.8 Å². The third kappa shape index (κ3) is 6.36. The van der Waals surface area contributed by atoms with Crippen LogP contribution < -0.4 is 21.4 Å². The number of nitrogens with one attached hydrogen (secondary N) is 1. The Morgan fingerprint density at radius 1 is 1.29 bits per heavy atom. The second-order valence-electron chi connectivity index (χ2n) is 10.2. The van der Waals surface area contributed by atoms with Crippen LogP contribution in [-0.4, -0.2) is 81.7 Å². The van der Waals surface area contributed by atoms with Crippen LogP contribution in [0.1, 0.15) is 31.5 Å². The van der Waals surface area contributed by atoms with E-state index in [0.29, 0.717) is 16.2 Å². The minimum atomic E-state index is -1.26. The third-order valence-electron chi connectivity index (χ3n) is 7.23. The fourth-order valence-electron chi connectivity index (χ4n) is 5.14. The van der Waals surface area contributed by atoms with Crippen LogP contribution in [0.3, 0.4) is 0 Å². The average molecular weight is 672 g/mol. The van der Waals surface area contributed by atoms with Gasteiger partial charge in [0.05, 0.1) is 0 Å². The highest BCUT2D eigenvalue weighted by molar-refractivity contribution is 8.02. The van der Waals surface area contributed by atoms with E-state index in [-0.39, 0.29) is 40.8 Å². The molecular formula is C26H27N10O6S3+. The number of carboxylic acids is 1. The summed E-state index contributed by atoms with van der Waals surface area (Å²) in [5.41, 5.74) is 11.8. The number of imidazole rings is 1. The maximum atomic E-state index is 13.3. The molecule has 3 aliphatic rings. The van der Waals surface area contributed by atoms with E-state index in [2.05, 4.69) is 24.9 Å². The fourth-order valence-corrected chi connectivity index (χ4v) is 7.54. The van der Waals surface area contributed by atoms with Crippen molar-refractivity contribution in [2.24, 2.45) is 10.9 Å². The Morgan fingerprint density at radius 2 is 2.09 bits per heavy atom. The molecule has 0 spiro atoms. The largest absolute Gasteiger partial charge is 0.477 e. The molecule has 0 radical (unpaired) electrons. The number of oxime groups is 1. The number of carbonyl (C=O) groups excluding carboxylic acids is 3. The number of nitrogen functional groups attached to an aromatic ring is 1. The first kappa shape index (κ1) is 30.5. The highest BCUT2D eigenvalue weighted by atomic mass is 32.2. The van der Waals surface area contributed by atoms with Gasteiger partial charge in [-0.2, -0.15) is 9.36 Å². The van der Waals surface area contributed by atoms with E-state index in [0.717, 1.165) is 37.2 Å². The minimum absolute atomic E-state index is 0.0146. The number of hydrogen-bond donors (Lipinski definition) is 4. The zero-order chi connectivity index (χ0) is 31.7. The number of nitrogens with two attached hydrogens (primary N) is 2. The van der Waals surface area contributed by atoms with E-state index in [1.807, 2.05) is 0 Å². The maximum absolute atomic E-state index is 13.3. The Hall–Kier alpha value is -4.49. The van der Waals surface area contributed by atoms with Gasteiger partial charge in [-0.05, 0) is 48.8 Å². The number of amides is 3. The lowest BCUT2D eigenvalue weighted by Gasteiger charge is -2.49. The van der Waals surface area contributed by atoms with Crippen molar-refractivity contribution < 1.29 is 33.7 Å². The monoisotopic (exact) mass is 671 g/mol. The summed E-state index contributed by atoms with van der Waals surface area (Å²) in [6.07, 6.45) is 8.54. The first-order chi connectivity index (χ1) is 21.7. The molecule has 2 atom stereocenters. The number of nitrogens with zero attached hydrogens (tertiary/aromatic N) is 7.